The van der Waals surface area contributed by atoms with Gasteiger partial charge in [0, 0.05) is 47.0 Å². The van der Waals surface area contributed by atoms with Crippen LogP contribution in [-0.4, -0.2) is 0 Å². The summed E-state index contributed by atoms with van der Waals surface area (Å²) in [6.07, 6.45) is 0. The summed E-state index contributed by atoms with van der Waals surface area (Å²) < 4.78 is 5.22. The summed E-state index contributed by atoms with van der Waals surface area (Å²) in [7, 11) is 0. The lowest BCUT2D eigenvalue weighted by atomic mass is 9.98. The number of benzene rings is 9. The Hall–Kier alpha value is -6.52. The number of hydrogen-bond acceptors (Lipinski definition) is 3. The predicted molar refractivity (Wildman–Crippen MR) is 241 cm³/mol. The molecular weight excluding hydrogens is 703 g/mol. The van der Waals surface area contributed by atoms with Gasteiger partial charge in [-0.3, -0.25) is 0 Å². The van der Waals surface area contributed by atoms with Crippen molar-refractivity contribution in [2.45, 2.75) is 0 Å². The normalized spacial score (nSPS) is 11.6. The van der Waals surface area contributed by atoms with Crippen LogP contribution in [0.15, 0.2) is 200 Å². The third kappa shape index (κ3) is 5.43. The van der Waals surface area contributed by atoms with E-state index >= 15 is 0 Å². The smallest absolute Gasteiger partial charge is 0.0640 e. The van der Waals surface area contributed by atoms with Crippen molar-refractivity contribution in [2.24, 2.45) is 0 Å². The summed E-state index contributed by atoms with van der Waals surface area (Å²) in [5, 5.41) is 7.72. The van der Waals surface area contributed by atoms with Gasteiger partial charge in [-0.25, -0.2) is 0 Å². The zero-order chi connectivity index (χ0) is 36.3. The van der Waals surface area contributed by atoms with Crippen LogP contribution < -0.4 is 4.90 Å². The molecule has 55 heavy (non-hydrogen) atoms. The fourth-order valence-corrected chi connectivity index (χ4v) is 10.7. The van der Waals surface area contributed by atoms with Crippen LogP contribution >= 0.6 is 22.7 Å². The van der Waals surface area contributed by atoms with E-state index in [4.69, 9.17) is 0 Å². The van der Waals surface area contributed by atoms with Crippen LogP contribution in [0.3, 0.4) is 0 Å². The minimum absolute atomic E-state index is 1.12. The molecule has 11 aromatic rings. The topological polar surface area (TPSA) is 3.24 Å². The van der Waals surface area contributed by atoms with Crippen molar-refractivity contribution in [3.8, 4) is 33.4 Å². The summed E-state index contributed by atoms with van der Waals surface area (Å²) in [5.41, 5.74) is 10.8. The maximum atomic E-state index is 2.46. The number of fused-ring (bicyclic) bond motifs is 7. The Morgan fingerprint density at radius 3 is 1.87 bits per heavy atom. The molecule has 0 saturated heterocycles. The first kappa shape index (κ1) is 32.0. The molecule has 0 radical (unpaired) electrons. The van der Waals surface area contributed by atoms with E-state index in [1.807, 2.05) is 22.7 Å². The summed E-state index contributed by atoms with van der Waals surface area (Å²) >= 11 is 3.76. The summed E-state index contributed by atoms with van der Waals surface area (Å²) in [5.74, 6) is 0. The second kappa shape index (κ2) is 13.1. The maximum Gasteiger partial charge on any atom is 0.0640 e. The molecule has 0 atom stereocenters. The van der Waals surface area contributed by atoms with Crippen LogP contribution in [-0.2, 0) is 0 Å². The van der Waals surface area contributed by atoms with Gasteiger partial charge in [0.2, 0.25) is 0 Å². The molecule has 0 saturated carbocycles. The van der Waals surface area contributed by atoms with Gasteiger partial charge >= 0.3 is 0 Å². The van der Waals surface area contributed by atoms with E-state index in [2.05, 4.69) is 205 Å². The summed E-state index contributed by atoms with van der Waals surface area (Å²) in [4.78, 5) is 2.46. The Kier molecular flexibility index (Phi) is 7.61. The van der Waals surface area contributed by atoms with Gasteiger partial charge in [0.25, 0.3) is 0 Å². The number of anilines is 3. The van der Waals surface area contributed by atoms with Crippen LogP contribution in [0.1, 0.15) is 0 Å². The first-order chi connectivity index (χ1) is 27.3. The molecule has 0 unspecified atom stereocenters. The van der Waals surface area contributed by atoms with Crippen LogP contribution in [0.5, 0.6) is 0 Å². The number of thiophene rings is 2. The van der Waals surface area contributed by atoms with E-state index in [-0.39, 0.29) is 0 Å². The molecule has 0 N–H and O–H groups in total. The third-order valence-electron chi connectivity index (χ3n) is 10.9. The quantitative estimate of drug-likeness (QED) is 0.164. The van der Waals surface area contributed by atoms with Crippen molar-refractivity contribution >= 4 is 90.9 Å². The van der Waals surface area contributed by atoms with E-state index in [0.717, 1.165) is 11.4 Å². The predicted octanol–water partition coefficient (Wildman–Crippen LogP) is 16.0. The van der Waals surface area contributed by atoms with Gasteiger partial charge in [-0.2, -0.15) is 0 Å². The molecule has 0 aliphatic heterocycles. The highest BCUT2D eigenvalue weighted by Gasteiger charge is 2.21. The highest BCUT2D eigenvalue weighted by molar-refractivity contribution is 7.27. The fourth-order valence-electron chi connectivity index (χ4n) is 8.25. The molecule has 9 aromatic carbocycles. The van der Waals surface area contributed by atoms with Crippen LogP contribution in [0.4, 0.5) is 17.1 Å². The Morgan fingerprint density at radius 1 is 0.327 bits per heavy atom. The van der Waals surface area contributed by atoms with Crippen LogP contribution in [0.2, 0.25) is 0 Å². The SMILES string of the molecule is c1ccc(-c2cccc3c2sc2c(N(c4ccc(-c5ccc6ccccc6c5)cc4)c4cccc(-c5cccc6sc7ccccc7c56)c4)cccc23)cc1. The molecule has 1 nitrogen and oxygen atoms in total. The average molecular weight is 736 g/mol. The van der Waals surface area contributed by atoms with E-state index in [9.17, 15) is 0 Å². The second-order valence-electron chi connectivity index (χ2n) is 14.1. The molecule has 258 valence electrons. The number of nitrogens with zero attached hydrogens (tertiary/aromatic N) is 1. The Morgan fingerprint density at radius 2 is 0.982 bits per heavy atom. The number of rotatable bonds is 6. The van der Waals surface area contributed by atoms with E-state index < -0.39 is 0 Å². The molecule has 0 aliphatic carbocycles. The standard InChI is InChI=1S/C52H33NS2/c1-2-13-36(14-3-1)43-20-9-21-44-45-22-10-23-47(52(45)55-51(43)44)53(40-30-28-35(29-31-40)38-27-26-34-12-4-5-15-37(34)32-38)41-17-8-16-39(33-41)42-19-11-25-49-50(42)46-18-6-7-24-48(46)54-49/h1-33H. The lowest BCUT2D eigenvalue weighted by Gasteiger charge is -2.27. The molecule has 2 aromatic heterocycles. The van der Waals surface area contributed by atoms with Gasteiger partial charge in [0.15, 0.2) is 0 Å². The van der Waals surface area contributed by atoms with Crippen LogP contribution in [0.25, 0.3) is 84.5 Å². The molecule has 0 spiro atoms. The minimum Gasteiger partial charge on any atom is -0.309 e. The maximum absolute atomic E-state index is 2.46. The zero-order valence-corrected chi connectivity index (χ0v) is 31.4. The van der Waals surface area contributed by atoms with Gasteiger partial charge in [0.05, 0.1) is 10.4 Å². The van der Waals surface area contributed by atoms with Crippen molar-refractivity contribution in [3.63, 3.8) is 0 Å². The first-order valence-electron chi connectivity index (χ1n) is 18.7. The van der Waals surface area contributed by atoms with Gasteiger partial charge in [-0.1, -0.05) is 152 Å². The van der Waals surface area contributed by atoms with Crippen molar-refractivity contribution in [3.05, 3.63) is 200 Å². The van der Waals surface area contributed by atoms with E-state index in [1.165, 1.54) is 90.2 Å². The van der Waals surface area contributed by atoms with E-state index in [1.54, 1.807) is 0 Å². The average Bonchev–Trinajstić information content (AvgIpc) is 3.84. The second-order valence-corrected chi connectivity index (χ2v) is 16.2. The van der Waals surface area contributed by atoms with Gasteiger partial charge in [-0.05, 0) is 92.7 Å². The molecule has 0 amide bonds. The molecule has 2 heterocycles. The molecule has 3 heteroatoms. The molecule has 0 bridgehead atoms. The first-order valence-corrected chi connectivity index (χ1v) is 20.3. The fraction of sp³-hybridized carbons (Fsp3) is 0. The van der Waals surface area contributed by atoms with Gasteiger partial charge in [0.1, 0.15) is 0 Å². The molecule has 0 fully saturated rings. The van der Waals surface area contributed by atoms with Crippen molar-refractivity contribution in [1.29, 1.82) is 0 Å². The Balaban J connectivity index is 1.11. The monoisotopic (exact) mass is 735 g/mol. The van der Waals surface area contributed by atoms with Crippen molar-refractivity contribution in [1.82, 2.24) is 0 Å². The third-order valence-corrected chi connectivity index (χ3v) is 13.3. The lowest BCUT2D eigenvalue weighted by molar-refractivity contribution is 1.30. The largest absolute Gasteiger partial charge is 0.309 e. The molecule has 11 rings (SSSR count). The number of hydrogen-bond donors (Lipinski definition) is 0. The Labute approximate surface area is 327 Å². The van der Waals surface area contributed by atoms with Gasteiger partial charge in [-0.15, -0.1) is 22.7 Å². The highest BCUT2D eigenvalue weighted by atomic mass is 32.1. The zero-order valence-electron chi connectivity index (χ0n) is 29.8. The van der Waals surface area contributed by atoms with Crippen molar-refractivity contribution < 1.29 is 0 Å². The van der Waals surface area contributed by atoms with Crippen molar-refractivity contribution in [2.75, 3.05) is 4.90 Å². The Bertz CT molecular complexity index is 3210. The van der Waals surface area contributed by atoms with Crippen LogP contribution in [0, 0.1) is 0 Å². The lowest BCUT2D eigenvalue weighted by Crippen LogP contribution is -2.10. The van der Waals surface area contributed by atoms with Gasteiger partial charge < -0.3 is 4.90 Å². The molecule has 0 aliphatic rings. The summed E-state index contributed by atoms with van der Waals surface area (Å²) in [6, 6.07) is 73.4. The van der Waals surface area contributed by atoms with E-state index in [0.29, 0.717) is 0 Å². The molecular formula is C52H33NS2. The minimum atomic E-state index is 1.12. The summed E-state index contributed by atoms with van der Waals surface area (Å²) in [6.45, 7) is 0. The highest BCUT2D eigenvalue weighted by Crippen LogP contribution is 2.48.